The lowest BCUT2D eigenvalue weighted by Crippen LogP contribution is -2.18. The van der Waals surface area contributed by atoms with Crippen LogP contribution in [0.4, 0.5) is 0 Å². The molecule has 0 fully saturated rings. The molecule has 5 nitrogen and oxygen atoms in total. The Hall–Kier alpha value is -3.34. The van der Waals surface area contributed by atoms with Crippen LogP contribution in [0.25, 0.3) is 22.4 Å². The summed E-state index contributed by atoms with van der Waals surface area (Å²) in [5, 5.41) is 9.24. The van der Waals surface area contributed by atoms with Crippen molar-refractivity contribution < 1.29 is 14.6 Å². The highest BCUT2D eigenvalue weighted by Gasteiger charge is 2.16. The van der Waals surface area contributed by atoms with Crippen LogP contribution in [0, 0.1) is 0 Å². The third-order valence-electron chi connectivity index (χ3n) is 3.74. The highest BCUT2D eigenvalue weighted by Crippen LogP contribution is 2.31. The average Bonchev–Trinajstić information content (AvgIpc) is 2.62. The third-order valence-corrected chi connectivity index (χ3v) is 3.74. The Kier molecular flexibility index (Phi) is 4.16. The lowest BCUT2D eigenvalue weighted by molar-refractivity contribution is 0.0695. The maximum absolute atomic E-state index is 12.1. The Bertz CT molecular complexity index is 928. The van der Waals surface area contributed by atoms with Crippen molar-refractivity contribution in [1.82, 2.24) is 4.98 Å². The van der Waals surface area contributed by atoms with Crippen LogP contribution < -0.4 is 10.3 Å². The van der Waals surface area contributed by atoms with Crippen LogP contribution in [0.15, 0.2) is 65.5 Å². The van der Waals surface area contributed by atoms with Gasteiger partial charge in [-0.3, -0.25) is 4.79 Å². The van der Waals surface area contributed by atoms with Gasteiger partial charge in [-0.05, 0) is 29.3 Å². The molecule has 0 aliphatic carbocycles. The normalized spacial score (nSPS) is 10.4. The topological polar surface area (TPSA) is 79.4 Å². The zero-order valence-corrected chi connectivity index (χ0v) is 12.9. The van der Waals surface area contributed by atoms with Gasteiger partial charge in [-0.2, -0.15) is 0 Å². The van der Waals surface area contributed by atoms with E-state index in [4.69, 9.17) is 4.74 Å². The molecule has 1 aromatic heterocycles. The van der Waals surface area contributed by atoms with E-state index in [1.54, 1.807) is 19.2 Å². The highest BCUT2D eigenvalue weighted by atomic mass is 16.5. The minimum Gasteiger partial charge on any atom is -0.497 e. The van der Waals surface area contributed by atoms with Crippen molar-refractivity contribution in [3.63, 3.8) is 0 Å². The summed E-state index contributed by atoms with van der Waals surface area (Å²) >= 11 is 0. The Morgan fingerprint density at radius 2 is 1.67 bits per heavy atom. The summed E-state index contributed by atoms with van der Waals surface area (Å²) < 4.78 is 5.15. The standard InChI is InChI=1S/C19H15NO4/c1-24-14-9-7-12(8-10-14)15-11-16(19(22)23)18(21)20-17(15)13-5-3-2-4-6-13/h2-11H,1H3,(H,20,21)(H,22,23). The molecule has 120 valence electrons. The molecule has 0 spiro atoms. The second-order valence-corrected chi connectivity index (χ2v) is 5.20. The van der Waals surface area contributed by atoms with Gasteiger partial charge in [0.25, 0.3) is 5.56 Å². The fourth-order valence-corrected chi connectivity index (χ4v) is 2.52. The van der Waals surface area contributed by atoms with E-state index in [1.165, 1.54) is 6.07 Å². The van der Waals surface area contributed by atoms with Crippen molar-refractivity contribution in [2.24, 2.45) is 0 Å². The minimum atomic E-state index is -1.26. The molecule has 5 heteroatoms. The monoisotopic (exact) mass is 321 g/mol. The van der Waals surface area contributed by atoms with Gasteiger partial charge in [0.2, 0.25) is 0 Å². The van der Waals surface area contributed by atoms with Crippen molar-refractivity contribution in [3.05, 3.63) is 76.6 Å². The van der Waals surface area contributed by atoms with Crippen molar-refractivity contribution in [2.45, 2.75) is 0 Å². The van der Waals surface area contributed by atoms with Gasteiger partial charge >= 0.3 is 5.97 Å². The predicted molar refractivity (Wildman–Crippen MR) is 91.4 cm³/mol. The van der Waals surface area contributed by atoms with Crippen LogP contribution in [0.5, 0.6) is 5.75 Å². The SMILES string of the molecule is COc1ccc(-c2cc(C(=O)O)c(=O)[nH]c2-c2ccccc2)cc1. The van der Waals surface area contributed by atoms with Gasteiger partial charge in [0.15, 0.2) is 0 Å². The first kappa shape index (κ1) is 15.6. The number of aromatic amines is 1. The number of nitrogens with one attached hydrogen (secondary N) is 1. The largest absolute Gasteiger partial charge is 0.497 e. The number of rotatable bonds is 4. The molecule has 0 bridgehead atoms. The first-order valence-electron chi connectivity index (χ1n) is 7.30. The summed E-state index contributed by atoms with van der Waals surface area (Å²) in [6.07, 6.45) is 0. The molecule has 0 amide bonds. The maximum atomic E-state index is 12.1. The molecule has 0 atom stereocenters. The summed E-state index contributed by atoms with van der Waals surface area (Å²) in [5.41, 5.74) is 1.89. The number of aromatic carboxylic acids is 1. The van der Waals surface area contributed by atoms with Gasteiger partial charge in [0.1, 0.15) is 11.3 Å². The molecule has 24 heavy (non-hydrogen) atoms. The molecule has 2 N–H and O–H groups in total. The van der Waals surface area contributed by atoms with Crippen LogP contribution >= 0.6 is 0 Å². The molecule has 0 unspecified atom stereocenters. The number of hydrogen-bond acceptors (Lipinski definition) is 3. The van der Waals surface area contributed by atoms with E-state index in [-0.39, 0.29) is 5.56 Å². The van der Waals surface area contributed by atoms with Crippen LogP contribution in [-0.4, -0.2) is 23.2 Å². The molecule has 0 aliphatic heterocycles. The smallest absolute Gasteiger partial charge is 0.341 e. The van der Waals surface area contributed by atoms with Crippen molar-refractivity contribution >= 4 is 5.97 Å². The van der Waals surface area contributed by atoms with E-state index in [2.05, 4.69) is 4.98 Å². The molecular weight excluding hydrogens is 306 g/mol. The van der Waals surface area contributed by atoms with Crippen molar-refractivity contribution in [2.75, 3.05) is 7.11 Å². The first-order chi connectivity index (χ1) is 11.6. The van der Waals surface area contributed by atoms with Gasteiger partial charge in [-0.1, -0.05) is 42.5 Å². The molecule has 0 saturated heterocycles. The number of benzene rings is 2. The summed E-state index contributed by atoms with van der Waals surface area (Å²) in [6, 6.07) is 17.9. The molecule has 2 aromatic carbocycles. The zero-order valence-electron chi connectivity index (χ0n) is 12.9. The number of carbonyl (C=O) groups is 1. The fraction of sp³-hybridized carbons (Fsp3) is 0.0526. The number of methoxy groups -OCH3 is 1. The summed E-state index contributed by atoms with van der Waals surface area (Å²) in [6.45, 7) is 0. The van der Waals surface area contributed by atoms with E-state index in [0.717, 1.165) is 11.1 Å². The number of carboxylic acids is 1. The number of hydrogen-bond donors (Lipinski definition) is 2. The van der Waals surface area contributed by atoms with Crippen molar-refractivity contribution in [3.8, 4) is 28.1 Å². The van der Waals surface area contributed by atoms with Crippen LogP contribution in [0.3, 0.4) is 0 Å². The van der Waals surface area contributed by atoms with Gasteiger partial charge in [-0.25, -0.2) is 4.79 Å². The lowest BCUT2D eigenvalue weighted by atomic mass is 9.97. The van der Waals surface area contributed by atoms with Gasteiger partial charge in [-0.15, -0.1) is 0 Å². The fourth-order valence-electron chi connectivity index (χ4n) is 2.52. The number of carboxylic acid groups (broad SMARTS) is 1. The van der Waals surface area contributed by atoms with Crippen LogP contribution in [0.1, 0.15) is 10.4 Å². The van der Waals surface area contributed by atoms with Gasteiger partial charge in [0, 0.05) is 5.56 Å². The minimum absolute atomic E-state index is 0.291. The molecule has 3 aromatic rings. The van der Waals surface area contributed by atoms with E-state index in [0.29, 0.717) is 17.0 Å². The van der Waals surface area contributed by atoms with Crippen LogP contribution in [0.2, 0.25) is 0 Å². The molecule has 0 radical (unpaired) electrons. The van der Waals surface area contributed by atoms with E-state index in [1.807, 2.05) is 42.5 Å². The Balaban J connectivity index is 2.26. The summed E-state index contributed by atoms with van der Waals surface area (Å²) in [5.74, 6) is -0.562. The third kappa shape index (κ3) is 2.92. The molecule has 0 saturated carbocycles. The molecule has 1 heterocycles. The van der Waals surface area contributed by atoms with Crippen molar-refractivity contribution in [1.29, 1.82) is 0 Å². The number of ether oxygens (including phenoxy) is 1. The number of H-pyrrole nitrogens is 1. The maximum Gasteiger partial charge on any atom is 0.341 e. The molecule has 3 rings (SSSR count). The quantitative estimate of drug-likeness (QED) is 0.772. The second kappa shape index (κ2) is 6.42. The van der Waals surface area contributed by atoms with E-state index in [9.17, 15) is 14.7 Å². The zero-order chi connectivity index (χ0) is 17.1. The number of aromatic nitrogens is 1. The van der Waals surface area contributed by atoms with Gasteiger partial charge in [0.05, 0.1) is 12.8 Å². The second-order valence-electron chi connectivity index (χ2n) is 5.20. The summed E-state index contributed by atoms with van der Waals surface area (Å²) in [4.78, 5) is 26.1. The molecule has 0 aliphatic rings. The van der Waals surface area contributed by atoms with E-state index < -0.39 is 11.5 Å². The first-order valence-corrected chi connectivity index (χ1v) is 7.30. The Labute approximate surface area is 138 Å². The predicted octanol–water partition coefficient (Wildman–Crippen LogP) is 3.42. The Morgan fingerprint density at radius 1 is 1.00 bits per heavy atom. The Morgan fingerprint density at radius 3 is 2.25 bits per heavy atom. The summed E-state index contributed by atoms with van der Waals surface area (Å²) in [7, 11) is 1.58. The van der Waals surface area contributed by atoms with E-state index >= 15 is 0 Å². The average molecular weight is 321 g/mol. The highest BCUT2D eigenvalue weighted by molar-refractivity contribution is 5.91. The van der Waals surface area contributed by atoms with Crippen LogP contribution in [-0.2, 0) is 0 Å². The lowest BCUT2D eigenvalue weighted by Gasteiger charge is -2.11. The van der Waals surface area contributed by atoms with Gasteiger partial charge < -0.3 is 14.8 Å². The number of pyridine rings is 1. The molecular formula is C19H15NO4.